The Balaban J connectivity index is 1.51. The monoisotopic (exact) mass is 442 g/mol. The van der Waals surface area contributed by atoms with Gasteiger partial charge in [-0.25, -0.2) is 4.98 Å². The lowest BCUT2D eigenvalue weighted by molar-refractivity contribution is 0.198. The van der Waals surface area contributed by atoms with Crippen LogP contribution in [0.1, 0.15) is 49.3 Å². The van der Waals surface area contributed by atoms with Crippen molar-refractivity contribution in [3.05, 3.63) is 39.8 Å². The van der Waals surface area contributed by atoms with E-state index in [9.17, 15) is 4.79 Å². The van der Waals surface area contributed by atoms with E-state index < -0.39 is 0 Å². The Morgan fingerprint density at radius 3 is 2.34 bits per heavy atom. The van der Waals surface area contributed by atoms with Gasteiger partial charge in [0.1, 0.15) is 0 Å². The number of aromatic amines is 1. The van der Waals surface area contributed by atoms with Gasteiger partial charge in [0, 0.05) is 38.2 Å². The number of ether oxygens (including phenoxy) is 3. The molecular weight excluding hydrogens is 408 g/mol. The van der Waals surface area contributed by atoms with Crippen molar-refractivity contribution >= 4 is 5.95 Å². The van der Waals surface area contributed by atoms with E-state index >= 15 is 0 Å². The van der Waals surface area contributed by atoms with Gasteiger partial charge in [0.05, 0.1) is 27.0 Å². The zero-order valence-corrected chi connectivity index (χ0v) is 19.4. The number of hydrogen-bond acceptors (Lipinski definition) is 7. The highest BCUT2D eigenvalue weighted by atomic mass is 16.5. The molecule has 2 aliphatic heterocycles. The molecule has 2 aliphatic rings. The first-order valence-electron chi connectivity index (χ1n) is 11.5. The Hall–Kier alpha value is -2.74. The molecule has 0 spiro atoms. The lowest BCUT2D eigenvalue weighted by atomic mass is 9.94. The van der Waals surface area contributed by atoms with Gasteiger partial charge in [-0.05, 0) is 56.3 Å². The maximum absolute atomic E-state index is 12.4. The molecule has 2 saturated heterocycles. The summed E-state index contributed by atoms with van der Waals surface area (Å²) in [5.41, 5.74) is 1.95. The van der Waals surface area contributed by atoms with Gasteiger partial charge in [-0.3, -0.25) is 14.7 Å². The molecule has 1 aromatic heterocycles. The lowest BCUT2D eigenvalue weighted by Gasteiger charge is -2.33. The fraction of sp³-hybridized carbons (Fsp3) is 0.583. The number of anilines is 1. The smallest absolute Gasteiger partial charge is 0.252 e. The molecule has 2 aromatic rings. The van der Waals surface area contributed by atoms with Crippen molar-refractivity contribution in [3.63, 3.8) is 0 Å². The molecule has 1 atom stereocenters. The summed E-state index contributed by atoms with van der Waals surface area (Å²) >= 11 is 0. The van der Waals surface area contributed by atoms with Gasteiger partial charge in [0.2, 0.25) is 11.7 Å². The highest BCUT2D eigenvalue weighted by molar-refractivity contribution is 5.53. The highest BCUT2D eigenvalue weighted by Crippen LogP contribution is 2.39. The van der Waals surface area contributed by atoms with Gasteiger partial charge in [0.25, 0.3) is 5.56 Å². The van der Waals surface area contributed by atoms with Gasteiger partial charge in [-0.2, -0.15) is 0 Å². The van der Waals surface area contributed by atoms with Gasteiger partial charge in [-0.15, -0.1) is 0 Å². The molecule has 4 rings (SSSR count). The first-order valence-corrected chi connectivity index (χ1v) is 11.5. The van der Waals surface area contributed by atoms with E-state index in [4.69, 9.17) is 19.2 Å². The number of nitrogens with one attached hydrogen (secondary N) is 1. The van der Waals surface area contributed by atoms with Crippen LogP contribution in [0.15, 0.2) is 23.0 Å². The number of benzene rings is 1. The molecule has 32 heavy (non-hydrogen) atoms. The predicted octanol–water partition coefficient (Wildman–Crippen LogP) is 3.17. The zero-order chi connectivity index (χ0) is 22.5. The Labute approximate surface area is 189 Å². The second kappa shape index (κ2) is 10.3. The van der Waals surface area contributed by atoms with Crippen molar-refractivity contribution in [2.75, 3.05) is 52.4 Å². The number of nitrogens with zero attached hydrogens (tertiary/aromatic N) is 3. The summed E-state index contributed by atoms with van der Waals surface area (Å²) in [6.07, 6.45) is 5.67. The van der Waals surface area contributed by atoms with Crippen molar-refractivity contribution in [3.8, 4) is 17.2 Å². The van der Waals surface area contributed by atoms with Crippen LogP contribution >= 0.6 is 0 Å². The van der Waals surface area contributed by atoms with Crippen LogP contribution in [0.3, 0.4) is 0 Å². The third-order valence-corrected chi connectivity index (χ3v) is 6.46. The van der Waals surface area contributed by atoms with Crippen LogP contribution in [0, 0.1) is 0 Å². The molecule has 0 amide bonds. The third-order valence-electron chi connectivity index (χ3n) is 6.46. The molecule has 8 heteroatoms. The molecule has 0 unspecified atom stereocenters. The Bertz CT molecular complexity index is 946. The molecule has 0 aliphatic carbocycles. The fourth-order valence-corrected chi connectivity index (χ4v) is 4.85. The SMILES string of the molecule is COc1cc(CN2CCC[C@@H](c3cc(=O)[nH]c(N4CCCCC4)n3)C2)cc(OC)c1OC. The summed E-state index contributed by atoms with van der Waals surface area (Å²) in [6, 6.07) is 5.69. The highest BCUT2D eigenvalue weighted by Gasteiger charge is 2.25. The summed E-state index contributed by atoms with van der Waals surface area (Å²) in [5, 5.41) is 0. The average molecular weight is 443 g/mol. The Morgan fingerprint density at radius 1 is 0.969 bits per heavy atom. The van der Waals surface area contributed by atoms with E-state index in [2.05, 4.69) is 14.8 Å². The van der Waals surface area contributed by atoms with Crippen molar-refractivity contribution in [1.29, 1.82) is 0 Å². The number of rotatable bonds is 7. The maximum atomic E-state index is 12.4. The zero-order valence-electron chi connectivity index (χ0n) is 19.4. The Morgan fingerprint density at radius 2 is 1.69 bits per heavy atom. The largest absolute Gasteiger partial charge is 0.493 e. The van der Waals surface area contributed by atoms with Gasteiger partial charge >= 0.3 is 0 Å². The minimum Gasteiger partial charge on any atom is -0.493 e. The topological polar surface area (TPSA) is 79.9 Å². The maximum Gasteiger partial charge on any atom is 0.252 e. The molecule has 1 N–H and O–H groups in total. The van der Waals surface area contributed by atoms with Gasteiger partial charge < -0.3 is 19.1 Å². The molecule has 174 valence electrons. The number of likely N-dealkylation sites (tertiary alicyclic amines) is 1. The van der Waals surface area contributed by atoms with Crippen LogP contribution in [0.2, 0.25) is 0 Å². The second-order valence-electron chi connectivity index (χ2n) is 8.65. The van der Waals surface area contributed by atoms with Crippen molar-refractivity contribution < 1.29 is 14.2 Å². The van der Waals surface area contributed by atoms with E-state index in [0.29, 0.717) is 17.2 Å². The predicted molar refractivity (Wildman–Crippen MR) is 124 cm³/mol. The molecular formula is C24H34N4O4. The minimum absolute atomic E-state index is 0.0580. The molecule has 0 saturated carbocycles. The quantitative estimate of drug-likeness (QED) is 0.705. The first-order chi connectivity index (χ1) is 15.6. The van der Waals surface area contributed by atoms with E-state index in [1.807, 2.05) is 12.1 Å². The normalized spacial score (nSPS) is 19.6. The average Bonchev–Trinajstić information content (AvgIpc) is 2.83. The van der Waals surface area contributed by atoms with Crippen molar-refractivity contribution in [2.45, 2.75) is 44.6 Å². The van der Waals surface area contributed by atoms with Crippen LogP contribution in [-0.2, 0) is 6.54 Å². The van der Waals surface area contributed by atoms with Gasteiger partial charge in [0.15, 0.2) is 11.5 Å². The van der Waals surface area contributed by atoms with E-state index in [1.54, 1.807) is 27.4 Å². The Kier molecular flexibility index (Phi) is 7.19. The molecule has 0 bridgehead atoms. The standard InChI is InChI=1S/C24H34N4O4/c1-30-20-12-17(13-21(31-2)23(20)32-3)15-27-9-7-8-18(16-27)19-14-22(29)26-24(25-19)28-10-5-4-6-11-28/h12-14,18H,4-11,15-16H2,1-3H3,(H,25,26,29)/t18-/m1/s1. The lowest BCUT2D eigenvalue weighted by Crippen LogP contribution is -2.36. The second-order valence-corrected chi connectivity index (χ2v) is 8.65. The summed E-state index contributed by atoms with van der Waals surface area (Å²) in [6.45, 7) is 4.58. The molecule has 3 heterocycles. The number of aromatic nitrogens is 2. The van der Waals surface area contributed by atoms with E-state index in [1.165, 1.54) is 6.42 Å². The summed E-state index contributed by atoms with van der Waals surface area (Å²) in [5.74, 6) is 2.91. The van der Waals surface area contributed by atoms with Crippen molar-refractivity contribution in [1.82, 2.24) is 14.9 Å². The van der Waals surface area contributed by atoms with Crippen LogP contribution in [0.5, 0.6) is 17.2 Å². The van der Waals surface area contributed by atoms with Crippen LogP contribution in [0.25, 0.3) is 0 Å². The molecule has 0 radical (unpaired) electrons. The molecule has 2 fully saturated rings. The first kappa shape index (κ1) is 22.5. The molecule has 1 aromatic carbocycles. The molecule has 8 nitrogen and oxygen atoms in total. The van der Waals surface area contributed by atoms with Crippen LogP contribution in [0.4, 0.5) is 5.95 Å². The fourth-order valence-electron chi connectivity index (χ4n) is 4.85. The summed E-state index contributed by atoms with van der Waals surface area (Å²) < 4.78 is 16.5. The number of methoxy groups -OCH3 is 3. The van der Waals surface area contributed by atoms with Crippen LogP contribution < -0.4 is 24.7 Å². The number of piperidine rings is 2. The third kappa shape index (κ3) is 5.01. The number of hydrogen-bond donors (Lipinski definition) is 1. The number of H-pyrrole nitrogens is 1. The van der Waals surface area contributed by atoms with E-state index in [0.717, 1.165) is 75.6 Å². The summed E-state index contributed by atoms with van der Waals surface area (Å²) in [7, 11) is 4.88. The van der Waals surface area contributed by atoms with Crippen molar-refractivity contribution in [2.24, 2.45) is 0 Å². The minimum atomic E-state index is -0.0580. The van der Waals surface area contributed by atoms with E-state index in [-0.39, 0.29) is 11.5 Å². The summed E-state index contributed by atoms with van der Waals surface area (Å²) in [4.78, 5) is 24.9. The van der Waals surface area contributed by atoms with Crippen LogP contribution in [-0.4, -0.2) is 62.4 Å². The van der Waals surface area contributed by atoms with Gasteiger partial charge in [-0.1, -0.05) is 0 Å².